The number of fused-ring (bicyclic) bond motifs is 4. The number of urea groups is 1. The lowest BCUT2D eigenvalue weighted by Gasteiger charge is -2.42. The number of anilines is 1. The van der Waals surface area contributed by atoms with Crippen molar-refractivity contribution in [2.45, 2.75) is 63.7 Å². The molecule has 4 atom stereocenters. The van der Waals surface area contributed by atoms with Crippen molar-refractivity contribution in [2.24, 2.45) is 5.41 Å². The highest BCUT2D eigenvalue weighted by molar-refractivity contribution is 6.01. The third kappa shape index (κ3) is 5.61. The van der Waals surface area contributed by atoms with Crippen molar-refractivity contribution in [2.75, 3.05) is 51.4 Å². The number of hydrogen-bond donors (Lipinski definition) is 2. The van der Waals surface area contributed by atoms with Gasteiger partial charge in [0.1, 0.15) is 18.2 Å². The summed E-state index contributed by atoms with van der Waals surface area (Å²) in [4.78, 5) is 30.3. The van der Waals surface area contributed by atoms with Gasteiger partial charge in [-0.2, -0.15) is 9.97 Å². The molecule has 4 aromatic rings. The molecule has 4 saturated heterocycles. The number of likely N-dealkylation sites (N-methyl/N-ethyl adjacent to an activating group) is 1. The van der Waals surface area contributed by atoms with Gasteiger partial charge in [-0.15, -0.1) is 0 Å². The third-order valence-corrected chi connectivity index (χ3v) is 10.9. The van der Waals surface area contributed by atoms with E-state index >= 15 is 0 Å². The number of phenolic OH excluding ortho intramolecular Hbond substituents is 1. The summed E-state index contributed by atoms with van der Waals surface area (Å²) in [6.07, 6.45) is 4.26. The van der Waals surface area contributed by atoms with Crippen LogP contribution in [-0.4, -0.2) is 102 Å². The summed E-state index contributed by atoms with van der Waals surface area (Å²) in [7, 11) is 2.15. The highest BCUT2D eigenvalue weighted by Crippen LogP contribution is 2.40. The van der Waals surface area contributed by atoms with Crippen LogP contribution in [0.2, 0.25) is 0 Å². The SMILES string of the molecule is CN1CCC[C@H]1COc1nc(N2C3CCC2CN(C(=O)NC2COCC2(C)C)C3)c2ccc(-c3cc(O)cc4ccccc34)cc2n1. The summed E-state index contributed by atoms with van der Waals surface area (Å²) in [6.45, 7) is 8.39. The number of phenols is 1. The van der Waals surface area contributed by atoms with E-state index in [2.05, 4.69) is 60.3 Å². The number of rotatable bonds is 6. The lowest BCUT2D eigenvalue weighted by molar-refractivity contribution is 0.166. The Hall–Kier alpha value is -4.15. The number of benzene rings is 3. The topological polar surface area (TPSA) is 103 Å². The minimum absolute atomic E-state index is 0.00736. The van der Waals surface area contributed by atoms with Crippen LogP contribution in [0.5, 0.6) is 11.8 Å². The monoisotopic (exact) mass is 636 g/mol. The third-order valence-electron chi connectivity index (χ3n) is 10.9. The van der Waals surface area contributed by atoms with Crippen LogP contribution in [0.3, 0.4) is 0 Å². The number of carbonyl (C=O) groups is 1. The number of carbonyl (C=O) groups excluding carboxylic acids is 1. The number of aromatic nitrogens is 2. The quantitative estimate of drug-likeness (QED) is 0.290. The summed E-state index contributed by atoms with van der Waals surface area (Å²) in [5.41, 5.74) is 2.65. The van der Waals surface area contributed by atoms with Gasteiger partial charge in [0, 0.05) is 42.0 Å². The second-order valence-corrected chi connectivity index (χ2v) is 14.6. The molecule has 47 heavy (non-hydrogen) atoms. The van der Waals surface area contributed by atoms with Crippen LogP contribution in [-0.2, 0) is 4.74 Å². The van der Waals surface area contributed by atoms with Crippen LogP contribution in [0.4, 0.5) is 10.6 Å². The van der Waals surface area contributed by atoms with Gasteiger partial charge >= 0.3 is 12.0 Å². The minimum Gasteiger partial charge on any atom is -0.508 e. The Morgan fingerprint density at radius 3 is 2.60 bits per heavy atom. The molecule has 0 aliphatic carbocycles. The summed E-state index contributed by atoms with van der Waals surface area (Å²) >= 11 is 0. The van der Waals surface area contributed by atoms with E-state index in [-0.39, 0.29) is 35.3 Å². The number of ether oxygens (including phenoxy) is 2. The van der Waals surface area contributed by atoms with Crippen molar-refractivity contribution >= 4 is 33.5 Å². The van der Waals surface area contributed by atoms with Crippen LogP contribution in [0.15, 0.2) is 54.6 Å². The summed E-state index contributed by atoms with van der Waals surface area (Å²) in [5, 5.41) is 16.9. The highest BCUT2D eigenvalue weighted by Gasteiger charge is 2.44. The van der Waals surface area contributed by atoms with E-state index in [0.717, 1.165) is 64.4 Å². The van der Waals surface area contributed by atoms with Crippen molar-refractivity contribution in [3.8, 4) is 22.9 Å². The molecule has 10 heteroatoms. The number of amides is 2. The molecule has 4 aliphatic rings. The van der Waals surface area contributed by atoms with E-state index in [9.17, 15) is 9.90 Å². The molecule has 3 aromatic carbocycles. The number of nitrogens with zero attached hydrogens (tertiary/aromatic N) is 5. The Balaban J connectivity index is 1.13. The van der Waals surface area contributed by atoms with E-state index in [1.165, 1.54) is 6.42 Å². The molecule has 2 N–H and O–H groups in total. The van der Waals surface area contributed by atoms with Gasteiger partial charge in [0.25, 0.3) is 0 Å². The smallest absolute Gasteiger partial charge is 0.319 e. The molecule has 3 unspecified atom stereocenters. The molecule has 4 aliphatic heterocycles. The first-order valence-electron chi connectivity index (χ1n) is 17.0. The lowest BCUT2D eigenvalue weighted by Crippen LogP contribution is -2.59. The molecule has 2 amide bonds. The second-order valence-electron chi connectivity index (χ2n) is 14.6. The maximum absolute atomic E-state index is 13.5. The molecular formula is C37H44N6O4. The maximum atomic E-state index is 13.5. The Morgan fingerprint density at radius 2 is 1.85 bits per heavy atom. The zero-order valence-electron chi connectivity index (χ0n) is 27.5. The van der Waals surface area contributed by atoms with Gasteiger partial charge in [0.2, 0.25) is 0 Å². The van der Waals surface area contributed by atoms with Crippen LogP contribution >= 0.6 is 0 Å². The summed E-state index contributed by atoms with van der Waals surface area (Å²) < 4.78 is 12.0. The predicted molar refractivity (Wildman–Crippen MR) is 183 cm³/mol. The molecule has 8 rings (SSSR count). The van der Waals surface area contributed by atoms with Gasteiger partial charge in [0.15, 0.2) is 0 Å². The normalized spacial score (nSPS) is 25.6. The van der Waals surface area contributed by atoms with Gasteiger partial charge in [0.05, 0.1) is 24.8 Å². The van der Waals surface area contributed by atoms with E-state index in [0.29, 0.717) is 45.0 Å². The molecule has 10 nitrogen and oxygen atoms in total. The van der Waals surface area contributed by atoms with Gasteiger partial charge in [-0.05, 0) is 85.4 Å². The van der Waals surface area contributed by atoms with E-state index in [1.54, 1.807) is 6.07 Å². The fourth-order valence-electron chi connectivity index (χ4n) is 8.07. The standard InChI is InChI=1S/C37H44N6O4/c1-37(2)22-46-21-33(37)39-36(45)42-18-25-11-12-26(19-42)43(25)34-30-13-10-24(31-17-28(44)15-23-7-4-5-9-29(23)31)16-32(30)38-35(40-34)47-20-27-8-6-14-41(27)3/h4-5,7,9-10,13,15-17,25-27,33,44H,6,8,11-12,14,18-22H2,1-3H3,(H,39,45)/t25?,26?,27-,33?/m0/s1. The first-order chi connectivity index (χ1) is 22.7. The minimum atomic E-state index is -0.0797. The second kappa shape index (κ2) is 11.8. The van der Waals surface area contributed by atoms with Crippen LogP contribution in [0.1, 0.15) is 39.5 Å². The molecule has 0 spiro atoms. The van der Waals surface area contributed by atoms with Gasteiger partial charge in [-0.3, -0.25) is 0 Å². The number of likely N-dealkylation sites (tertiary alicyclic amines) is 2. The average molecular weight is 637 g/mol. The first-order valence-corrected chi connectivity index (χ1v) is 17.0. The summed E-state index contributed by atoms with van der Waals surface area (Å²) in [6, 6.07) is 19.0. The fraction of sp³-hybridized carbons (Fsp3) is 0.486. The maximum Gasteiger partial charge on any atom is 0.319 e. The summed E-state index contributed by atoms with van der Waals surface area (Å²) in [5.74, 6) is 1.10. The van der Waals surface area contributed by atoms with Crippen molar-refractivity contribution in [3.05, 3.63) is 54.6 Å². The largest absolute Gasteiger partial charge is 0.508 e. The molecule has 2 bridgehead atoms. The van der Waals surface area contributed by atoms with Crippen molar-refractivity contribution in [3.63, 3.8) is 0 Å². The van der Waals surface area contributed by atoms with Crippen LogP contribution < -0.4 is 15.0 Å². The van der Waals surface area contributed by atoms with Gasteiger partial charge in [-0.25, -0.2) is 4.79 Å². The van der Waals surface area contributed by atoms with Crippen LogP contribution in [0, 0.1) is 5.41 Å². The molecule has 4 fully saturated rings. The lowest BCUT2D eigenvalue weighted by atomic mass is 9.88. The van der Waals surface area contributed by atoms with Crippen molar-refractivity contribution in [1.82, 2.24) is 25.1 Å². The van der Waals surface area contributed by atoms with E-state index in [1.807, 2.05) is 29.2 Å². The van der Waals surface area contributed by atoms with E-state index in [4.69, 9.17) is 19.4 Å². The number of nitrogens with one attached hydrogen (secondary N) is 1. The Bertz CT molecular complexity index is 1820. The number of piperazine rings is 1. The van der Waals surface area contributed by atoms with Crippen molar-refractivity contribution in [1.29, 1.82) is 0 Å². The number of aromatic hydroxyl groups is 1. The zero-order valence-corrected chi connectivity index (χ0v) is 27.5. The molecule has 246 valence electrons. The number of hydrogen-bond acceptors (Lipinski definition) is 8. The van der Waals surface area contributed by atoms with Gasteiger partial charge < -0.3 is 34.6 Å². The first kappa shape index (κ1) is 30.2. The Kier molecular flexibility index (Phi) is 7.60. The molecule has 1 aromatic heterocycles. The highest BCUT2D eigenvalue weighted by atomic mass is 16.5. The molecule has 0 saturated carbocycles. The van der Waals surface area contributed by atoms with E-state index < -0.39 is 0 Å². The molecular weight excluding hydrogens is 592 g/mol. The Labute approximate surface area is 275 Å². The zero-order chi connectivity index (χ0) is 32.3. The fourth-order valence-corrected chi connectivity index (χ4v) is 8.07. The Morgan fingerprint density at radius 1 is 1.04 bits per heavy atom. The molecule has 0 radical (unpaired) electrons. The predicted octanol–water partition coefficient (Wildman–Crippen LogP) is 5.42. The molecule has 5 heterocycles. The van der Waals surface area contributed by atoms with Gasteiger partial charge in [-0.1, -0.05) is 44.2 Å². The average Bonchev–Trinajstić information content (AvgIpc) is 3.71. The van der Waals surface area contributed by atoms with Crippen molar-refractivity contribution < 1.29 is 19.4 Å². The van der Waals surface area contributed by atoms with Crippen LogP contribution in [0.25, 0.3) is 32.8 Å².